The van der Waals surface area contributed by atoms with E-state index in [0.717, 1.165) is 4.90 Å². The number of thioether (sulfide) groups is 2. The highest BCUT2D eigenvalue weighted by Crippen LogP contribution is 2.57. The largest absolute Gasteiger partial charge is 0.494 e. The van der Waals surface area contributed by atoms with Crippen LogP contribution in [-0.4, -0.2) is 14.2 Å². The minimum Gasteiger partial charge on any atom is -0.494 e. The summed E-state index contributed by atoms with van der Waals surface area (Å²) >= 11 is 8.64. The Labute approximate surface area is 167 Å². The van der Waals surface area contributed by atoms with E-state index in [1.54, 1.807) is 32.7 Å². The Morgan fingerprint density at radius 3 is 2.31 bits per heavy atom. The van der Waals surface area contributed by atoms with E-state index >= 15 is 0 Å². The zero-order chi connectivity index (χ0) is 19.2. The van der Waals surface area contributed by atoms with Gasteiger partial charge in [0.25, 0.3) is 5.56 Å². The molecule has 140 valence electrons. The fourth-order valence-electron chi connectivity index (χ4n) is 3.02. The Morgan fingerprint density at radius 1 is 1.12 bits per heavy atom. The number of nitrogens with zero attached hydrogens (tertiary/aromatic N) is 2. The summed E-state index contributed by atoms with van der Waals surface area (Å²) < 4.78 is 3.42. The van der Waals surface area contributed by atoms with E-state index in [4.69, 9.17) is 12.2 Å². The molecule has 1 aromatic carbocycles. The van der Waals surface area contributed by atoms with Crippen molar-refractivity contribution in [1.29, 1.82) is 0 Å². The second kappa shape index (κ2) is 7.09. The van der Waals surface area contributed by atoms with E-state index < -0.39 is 0 Å². The average Bonchev–Trinajstić information content (AvgIpc) is 2.97. The van der Waals surface area contributed by atoms with Gasteiger partial charge in [-0.3, -0.25) is 13.9 Å². The second-order valence-electron chi connectivity index (χ2n) is 7.29. The van der Waals surface area contributed by atoms with E-state index in [-0.39, 0.29) is 21.4 Å². The number of fused-ring (bicyclic) bond motifs is 1. The van der Waals surface area contributed by atoms with Gasteiger partial charge in [0.2, 0.25) is 5.88 Å². The first-order valence-electron chi connectivity index (χ1n) is 8.73. The number of aromatic hydroxyl groups is 1. The number of aromatic nitrogens is 2. The van der Waals surface area contributed by atoms with Crippen molar-refractivity contribution >= 4 is 35.7 Å². The Bertz CT molecular complexity index is 970. The van der Waals surface area contributed by atoms with Crippen molar-refractivity contribution < 1.29 is 5.11 Å². The number of rotatable bonds is 3. The van der Waals surface area contributed by atoms with Gasteiger partial charge < -0.3 is 5.11 Å². The Balaban J connectivity index is 2.09. The van der Waals surface area contributed by atoms with Crippen LogP contribution in [-0.2, 0) is 18.5 Å². The van der Waals surface area contributed by atoms with E-state index in [2.05, 4.69) is 39.0 Å². The van der Waals surface area contributed by atoms with Crippen LogP contribution in [0.15, 0.2) is 32.8 Å². The van der Waals surface area contributed by atoms with Gasteiger partial charge in [-0.05, 0) is 49.2 Å². The maximum atomic E-state index is 13.0. The van der Waals surface area contributed by atoms with Crippen LogP contribution in [0.25, 0.3) is 0 Å². The number of benzene rings is 1. The van der Waals surface area contributed by atoms with Crippen molar-refractivity contribution in [3.05, 3.63) is 44.5 Å². The first kappa shape index (κ1) is 19.6. The summed E-state index contributed by atoms with van der Waals surface area (Å²) in [6.07, 6.45) is 0. The lowest BCUT2D eigenvalue weighted by atomic mass is 9.87. The maximum absolute atomic E-state index is 13.0. The monoisotopic (exact) mass is 408 g/mol. The van der Waals surface area contributed by atoms with Gasteiger partial charge in [-0.15, -0.1) is 23.5 Å². The molecular formula is C19H24N2O2S3. The minimum absolute atomic E-state index is 0.000973. The Morgan fingerprint density at radius 2 is 1.73 bits per heavy atom. The third-order valence-corrected chi connectivity index (χ3v) is 7.83. The van der Waals surface area contributed by atoms with E-state index in [9.17, 15) is 9.90 Å². The van der Waals surface area contributed by atoms with Crippen LogP contribution in [0.1, 0.15) is 50.3 Å². The second-order valence-corrected chi connectivity index (χ2v) is 10.3. The van der Waals surface area contributed by atoms with Crippen molar-refractivity contribution in [1.82, 2.24) is 9.13 Å². The first-order chi connectivity index (χ1) is 12.2. The zero-order valence-corrected chi connectivity index (χ0v) is 18.1. The summed E-state index contributed by atoms with van der Waals surface area (Å²) in [5.74, 6) is 0.000973. The van der Waals surface area contributed by atoms with E-state index in [1.165, 1.54) is 10.5 Å². The van der Waals surface area contributed by atoms with Gasteiger partial charge in [0.05, 0.1) is 4.58 Å². The number of hydrogen-bond donors (Lipinski definition) is 1. The lowest BCUT2D eigenvalue weighted by molar-refractivity contribution is 0.394. The molecule has 0 spiro atoms. The van der Waals surface area contributed by atoms with Crippen LogP contribution in [0.5, 0.6) is 5.88 Å². The summed E-state index contributed by atoms with van der Waals surface area (Å²) in [5, 5.41) is 10.7. The Kier molecular flexibility index (Phi) is 5.34. The summed E-state index contributed by atoms with van der Waals surface area (Å²) in [6.45, 7) is 11.4. The summed E-state index contributed by atoms with van der Waals surface area (Å²) in [6, 6.07) is 6.48. The molecular weight excluding hydrogens is 384 g/mol. The average molecular weight is 409 g/mol. The normalized spacial score (nSPS) is 16.7. The number of hydrogen-bond acceptors (Lipinski definition) is 5. The van der Waals surface area contributed by atoms with Crippen LogP contribution in [0.2, 0.25) is 0 Å². The molecule has 0 bridgehead atoms. The van der Waals surface area contributed by atoms with E-state index in [0.29, 0.717) is 23.4 Å². The molecule has 0 saturated heterocycles. The van der Waals surface area contributed by atoms with Crippen molar-refractivity contribution in [2.24, 2.45) is 0 Å². The molecule has 0 fully saturated rings. The molecule has 1 N–H and O–H groups in total. The molecule has 0 radical (unpaired) electrons. The SMILES string of the molecule is CCn1c(O)c(C2Sc3ccc(C(C)(C)C)cc3S2)c(=O)n(CC)c1=S. The third-order valence-electron chi connectivity index (χ3n) is 4.58. The first-order valence-corrected chi connectivity index (χ1v) is 10.9. The summed E-state index contributed by atoms with van der Waals surface area (Å²) in [4.78, 5) is 15.3. The maximum Gasteiger partial charge on any atom is 0.263 e. The molecule has 2 heterocycles. The highest BCUT2D eigenvalue weighted by Gasteiger charge is 2.32. The highest BCUT2D eigenvalue weighted by atomic mass is 32.2. The molecule has 1 atom stereocenters. The molecule has 26 heavy (non-hydrogen) atoms. The standard InChI is InChI=1S/C19H24N2O2S3/c1-6-20-15(22)14(16(23)21(7-2)18(20)24)17-25-12-9-8-11(19(3,4)5)10-13(12)26-17/h8-10,17,22H,6-7H2,1-5H3. The van der Waals surface area contributed by atoms with Gasteiger partial charge >= 0.3 is 0 Å². The topological polar surface area (TPSA) is 47.2 Å². The smallest absolute Gasteiger partial charge is 0.263 e. The third kappa shape index (κ3) is 3.25. The van der Waals surface area contributed by atoms with Crippen LogP contribution < -0.4 is 5.56 Å². The van der Waals surface area contributed by atoms with Crippen LogP contribution in [0, 0.1) is 4.77 Å². The summed E-state index contributed by atoms with van der Waals surface area (Å²) in [7, 11) is 0. The highest BCUT2D eigenvalue weighted by molar-refractivity contribution is 8.19. The molecule has 1 aromatic heterocycles. The van der Waals surface area contributed by atoms with Gasteiger partial charge in [0.15, 0.2) is 4.77 Å². The molecule has 4 nitrogen and oxygen atoms in total. The fourth-order valence-corrected chi connectivity index (χ4v) is 6.36. The van der Waals surface area contributed by atoms with Gasteiger partial charge in [0.1, 0.15) is 5.56 Å². The fraction of sp³-hybridized carbons (Fsp3) is 0.474. The minimum atomic E-state index is -0.187. The molecule has 0 amide bonds. The van der Waals surface area contributed by atoms with Gasteiger partial charge in [-0.25, -0.2) is 0 Å². The molecule has 0 saturated carbocycles. The molecule has 1 aliphatic heterocycles. The molecule has 3 rings (SSSR count). The summed E-state index contributed by atoms with van der Waals surface area (Å²) in [5.41, 5.74) is 1.59. The zero-order valence-electron chi connectivity index (χ0n) is 15.7. The van der Waals surface area contributed by atoms with Crippen molar-refractivity contribution in [2.75, 3.05) is 0 Å². The lowest BCUT2D eigenvalue weighted by Gasteiger charge is -2.19. The Hall–Kier alpha value is -1.18. The van der Waals surface area contributed by atoms with Crippen molar-refractivity contribution in [2.45, 2.75) is 67.5 Å². The molecule has 2 aromatic rings. The van der Waals surface area contributed by atoms with E-state index in [1.807, 2.05) is 13.8 Å². The van der Waals surface area contributed by atoms with Crippen molar-refractivity contribution in [3.8, 4) is 5.88 Å². The molecule has 1 aliphatic rings. The quantitative estimate of drug-likeness (QED) is 0.697. The van der Waals surface area contributed by atoms with Crippen LogP contribution in [0.3, 0.4) is 0 Å². The van der Waals surface area contributed by atoms with Gasteiger partial charge in [0, 0.05) is 22.9 Å². The predicted molar refractivity (Wildman–Crippen MR) is 112 cm³/mol. The van der Waals surface area contributed by atoms with Crippen molar-refractivity contribution in [3.63, 3.8) is 0 Å². The lowest BCUT2D eigenvalue weighted by Crippen LogP contribution is -2.28. The van der Waals surface area contributed by atoms with Gasteiger partial charge in [-0.2, -0.15) is 0 Å². The van der Waals surface area contributed by atoms with Crippen LogP contribution in [0.4, 0.5) is 0 Å². The molecule has 1 unspecified atom stereocenters. The van der Waals surface area contributed by atoms with Gasteiger partial charge in [-0.1, -0.05) is 26.8 Å². The van der Waals surface area contributed by atoms with Crippen LogP contribution >= 0.6 is 35.7 Å². The molecule has 7 heteroatoms. The molecule has 0 aliphatic carbocycles. The predicted octanol–water partition coefficient (Wildman–Crippen LogP) is 5.32.